The number of esters is 1. The van der Waals surface area contributed by atoms with Gasteiger partial charge in [0.15, 0.2) is 0 Å². The third-order valence-electron chi connectivity index (χ3n) is 4.39. The van der Waals surface area contributed by atoms with Crippen molar-refractivity contribution in [1.29, 1.82) is 0 Å². The lowest BCUT2D eigenvalue weighted by molar-refractivity contribution is -0.111. The Balaban J connectivity index is 1.80. The van der Waals surface area contributed by atoms with E-state index >= 15 is 0 Å². The summed E-state index contributed by atoms with van der Waals surface area (Å²) < 4.78 is 6.53. The predicted octanol–water partition coefficient (Wildman–Crippen LogP) is 4.58. The van der Waals surface area contributed by atoms with E-state index < -0.39 is 5.97 Å². The van der Waals surface area contributed by atoms with Crippen molar-refractivity contribution in [3.05, 3.63) is 82.1 Å². The van der Waals surface area contributed by atoms with Crippen LogP contribution in [0, 0.1) is 13.8 Å². The van der Waals surface area contributed by atoms with E-state index in [9.17, 15) is 9.59 Å². The van der Waals surface area contributed by atoms with Gasteiger partial charge in [-0.2, -0.15) is 5.10 Å². The maximum absolute atomic E-state index is 12.4. The van der Waals surface area contributed by atoms with E-state index in [1.165, 1.54) is 31.4 Å². The molecule has 0 bridgehead atoms. The summed E-state index contributed by atoms with van der Waals surface area (Å²) in [5.74, 6) is -0.882. The number of methoxy groups -OCH3 is 1. The zero-order chi connectivity index (χ0) is 21.0. The van der Waals surface area contributed by atoms with Crippen LogP contribution in [0.15, 0.2) is 54.6 Å². The number of hydrogen-bond donors (Lipinski definition) is 1. The minimum Gasteiger partial charge on any atom is -0.465 e. The van der Waals surface area contributed by atoms with Crippen molar-refractivity contribution in [2.45, 2.75) is 13.8 Å². The molecule has 0 aliphatic heterocycles. The first kappa shape index (κ1) is 20.4. The maximum Gasteiger partial charge on any atom is 0.337 e. The Morgan fingerprint density at radius 3 is 2.55 bits per heavy atom. The minimum absolute atomic E-state index is 0.298. The summed E-state index contributed by atoms with van der Waals surface area (Å²) in [4.78, 5) is 24.1. The predicted molar refractivity (Wildman–Crippen MR) is 113 cm³/mol. The fourth-order valence-corrected chi connectivity index (χ4v) is 3.08. The fourth-order valence-electron chi connectivity index (χ4n) is 2.92. The van der Waals surface area contributed by atoms with Crippen LogP contribution in [0.5, 0.6) is 0 Å². The molecule has 1 aromatic heterocycles. The fraction of sp³-hybridized carbons (Fsp3) is 0.136. The van der Waals surface area contributed by atoms with Crippen molar-refractivity contribution in [2.24, 2.45) is 0 Å². The molecule has 0 fully saturated rings. The number of ether oxygens (including phenoxy) is 1. The van der Waals surface area contributed by atoms with Gasteiger partial charge in [-0.1, -0.05) is 29.8 Å². The van der Waals surface area contributed by atoms with Crippen molar-refractivity contribution < 1.29 is 14.3 Å². The summed E-state index contributed by atoms with van der Waals surface area (Å²) in [6.45, 7) is 3.84. The molecule has 0 saturated heterocycles. The maximum atomic E-state index is 12.4. The summed E-state index contributed by atoms with van der Waals surface area (Å²) in [6.07, 6.45) is 3.12. The second kappa shape index (κ2) is 8.75. The summed E-state index contributed by atoms with van der Waals surface area (Å²) >= 11 is 6.12. The van der Waals surface area contributed by atoms with Gasteiger partial charge in [0.25, 0.3) is 0 Å². The summed E-state index contributed by atoms with van der Waals surface area (Å²) in [7, 11) is 1.29. The monoisotopic (exact) mass is 409 g/mol. The summed E-state index contributed by atoms with van der Waals surface area (Å²) in [5.41, 5.74) is 4.16. The summed E-state index contributed by atoms with van der Waals surface area (Å²) in [5, 5.41) is 7.57. The van der Waals surface area contributed by atoms with Crippen molar-refractivity contribution in [2.75, 3.05) is 12.4 Å². The van der Waals surface area contributed by atoms with Gasteiger partial charge in [-0.3, -0.25) is 4.79 Å². The van der Waals surface area contributed by atoms with Gasteiger partial charge in [0, 0.05) is 17.3 Å². The molecule has 0 spiro atoms. The standard InChI is InChI=1S/C22H20ClN3O3/c1-14-18(15(2)26(25-14)17-7-5-4-6-8-17)10-12-21(27)24-20-13-16(22(28)29-3)9-11-19(20)23/h4-13H,1-3H3,(H,24,27)/b12-10+. The van der Waals surface area contributed by atoms with Crippen molar-refractivity contribution in [3.8, 4) is 5.69 Å². The Morgan fingerprint density at radius 1 is 1.14 bits per heavy atom. The Morgan fingerprint density at radius 2 is 1.86 bits per heavy atom. The molecule has 2 aromatic carbocycles. The number of aryl methyl sites for hydroxylation is 1. The van der Waals surface area contributed by atoms with Crippen LogP contribution in [0.2, 0.25) is 5.02 Å². The zero-order valence-electron chi connectivity index (χ0n) is 16.3. The van der Waals surface area contributed by atoms with E-state index in [1.54, 1.807) is 6.08 Å². The highest BCUT2D eigenvalue weighted by Gasteiger charge is 2.12. The molecule has 7 heteroatoms. The van der Waals surface area contributed by atoms with Crippen LogP contribution in [-0.2, 0) is 9.53 Å². The number of carbonyl (C=O) groups is 2. The number of halogens is 1. The lowest BCUT2D eigenvalue weighted by Gasteiger charge is -2.07. The van der Waals surface area contributed by atoms with Gasteiger partial charge in [-0.05, 0) is 50.3 Å². The van der Waals surface area contributed by atoms with Gasteiger partial charge in [-0.15, -0.1) is 0 Å². The molecule has 0 atom stereocenters. The number of nitrogens with zero attached hydrogens (tertiary/aromatic N) is 2. The quantitative estimate of drug-likeness (QED) is 0.494. The average molecular weight is 410 g/mol. The first-order valence-corrected chi connectivity index (χ1v) is 9.27. The van der Waals surface area contributed by atoms with Crippen molar-refractivity contribution in [1.82, 2.24) is 9.78 Å². The molecule has 0 aliphatic carbocycles. The van der Waals surface area contributed by atoms with Gasteiger partial charge in [0.2, 0.25) is 5.91 Å². The molecule has 6 nitrogen and oxygen atoms in total. The van der Waals surface area contributed by atoms with Crippen LogP contribution >= 0.6 is 11.6 Å². The van der Waals surface area contributed by atoms with Crippen LogP contribution in [0.1, 0.15) is 27.3 Å². The van der Waals surface area contributed by atoms with Crippen molar-refractivity contribution in [3.63, 3.8) is 0 Å². The lowest BCUT2D eigenvalue weighted by Crippen LogP contribution is -2.10. The number of para-hydroxylation sites is 1. The molecule has 0 radical (unpaired) electrons. The van der Waals surface area contributed by atoms with Gasteiger partial charge in [0.05, 0.1) is 34.8 Å². The number of hydrogen-bond acceptors (Lipinski definition) is 4. The Kier molecular flexibility index (Phi) is 6.14. The Hall–Kier alpha value is -3.38. The lowest BCUT2D eigenvalue weighted by atomic mass is 10.1. The van der Waals surface area contributed by atoms with E-state index in [2.05, 4.69) is 15.2 Å². The first-order chi connectivity index (χ1) is 13.9. The first-order valence-electron chi connectivity index (χ1n) is 8.89. The van der Waals surface area contributed by atoms with Gasteiger partial charge >= 0.3 is 5.97 Å². The molecule has 148 valence electrons. The van der Waals surface area contributed by atoms with Crippen LogP contribution in [0.25, 0.3) is 11.8 Å². The second-order valence-electron chi connectivity index (χ2n) is 6.34. The highest BCUT2D eigenvalue weighted by atomic mass is 35.5. The number of benzene rings is 2. The number of amides is 1. The van der Waals surface area contributed by atoms with E-state index in [0.717, 1.165) is 22.6 Å². The van der Waals surface area contributed by atoms with E-state index in [-0.39, 0.29) is 5.91 Å². The number of nitrogens with one attached hydrogen (secondary N) is 1. The topological polar surface area (TPSA) is 73.2 Å². The largest absolute Gasteiger partial charge is 0.465 e. The van der Waals surface area contributed by atoms with Gasteiger partial charge in [0.1, 0.15) is 0 Å². The minimum atomic E-state index is -0.507. The molecule has 0 aliphatic rings. The molecule has 0 unspecified atom stereocenters. The Labute approximate surface area is 173 Å². The number of carbonyl (C=O) groups excluding carboxylic acids is 2. The normalized spacial score (nSPS) is 10.9. The number of aromatic nitrogens is 2. The van der Waals surface area contributed by atoms with Crippen LogP contribution < -0.4 is 5.32 Å². The molecular weight excluding hydrogens is 390 g/mol. The second-order valence-corrected chi connectivity index (χ2v) is 6.75. The molecule has 1 amide bonds. The van der Waals surface area contributed by atoms with E-state index in [4.69, 9.17) is 11.6 Å². The highest BCUT2D eigenvalue weighted by Crippen LogP contribution is 2.24. The highest BCUT2D eigenvalue weighted by molar-refractivity contribution is 6.34. The smallest absolute Gasteiger partial charge is 0.337 e. The Bertz CT molecular complexity index is 1090. The number of anilines is 1. The zero-order valence-corrected chi connectivity index (χ0v) is 17.0. The van der Waals surface area contributed by atoms with Crippen LogP contribution in [-0.4, -0.2) is 28.8 Å². The number of rotatable bonds is 5. The summed E-state index contributed by atoms with van der Waals surface area (Å²) in [6, 6.07) is 14.3. The van der Waals surface area contributed by atoms with Crippen LogP contribution in [0.3, 0.4) is 0 Å². The van der Waals surface area contributed by atoms with Crippen LogP contribution in [0.4, 0.5) is 5.69 Å². The third kappa shape index (κ3) is 4.55. The third-order valence-corrected chi connectivity index (χ3v) is 4.72. The SMILES string of the molecule is COC(=O)c1ccc(Cl)c(NC(=O)/C=C/c2c(C)nn(-c3ccccc3)c2C)c1. The van der Waals surface area contributed by atoms with E-state index in [0.29, 0.717) is 16.3 Å². The molecule has 1 N–H and O–H groups in total. The molecule has 0 saturated carbocycles. The van der Waals surface area contributed by atoms with Gasteiger partial charge in [-0.25, -0.2) is 9.48 Å². The average Bonchev–Trinajstić information content (AvgIpc) is 3.01. The molecular formula is C22H20ClN3O3. The molecule has 3 aromatic rings. The molecule has 1 heterocycles. The molecule has 3 rings (SSSR count). The van der Waals surface area contributed by atoms with Crippen molar-refractivity contribution >= 4 is 35.2 Å². The van der Waals surface area contributed by atoms with Gasteiger partial charge < -0.3 is 10.1 Å². The van der Waals surface area contributed by atoms with E-state index in [1.807, 2.05) is 48.9 Å². The molecule has 29 heavy (non-hydrogen) atoms.